The highest BCUT2D eigenvalue weighted by Gasteiger charge is 2.27. The Kier molecular flexibility index (Phi) is 5.72. The predicted octanol–water partition coefficient (Wildman–Crippen LogP) is 1.61. The van der Waals surface area contributed by atoms with Crippen molar-refractivity contribution in [3.05, 3.63) is 28.3 Å². The summed E-state index contributed by atoms with van der Waals surface area (Å²) in [6.07, 6.45) is 3.09. The van der Waals surface area contributed by atoms with E-state index in [2.05, 4.69) is 31.4 Å². The van der Waals surface area contributed by atoms with E-state index in [4.69, 9.17) is 4.74 Å². The summed E-state index contributed by atoms with van der Waals surface area (Å²) in [5.74, 6) is -0.506. The number of hydrogen-bond donors (Lipinski definition) is 1. The number of rotatable bonds is 5. The summed E-state index contributed by atoms with van der Waals surface area (Å²) in [4.78, 5) is 27.4. The van der Waals surface area contributed by atoms with Crippen molar-refractivity contribution in [3.8, 4) is 0 Å². The molecule has 1 aliphatic rings. The summed E-state index contributed by atoms with van der Waals surface area (Å²) >= 11 is 3.35. The van der Waals surface area contributed by atoms with Crippen LogP contribution in [0.3, 0.4) is 0 Å². The summed E-state index contributed by atoms with van der Waals surface area (Å²) in [7, 11) is 0. The van der Waals surface area contributed by atoms with Crippen LogP contribution in [0.1, 0.15) is 34.8 Å². The van der Waals surface area contributed by atoms with Crippen LogP contribution in [0.15, 0.2) is 16.9 Å². The van der Waals surface area contributed by atoms with Gasteiger partial charge in [-0.15, -0.1) is 0 Å². The van der Waals surface area contributed by atoms with Crippen molar-refractivity contribution in [1.29, 1.82) is 0 Å². The minimum absolute atomic E-state index is 0.161. The Hall–Kier alpha value is -2.20. The van der Waals surface area contributed by atoms with E-state index in [9.17, 15) is 9.59 Å². The van der Waals surface area contributed by atoms with E-state index >= 15 is 0 Å². The Morgan fingerprint density at radius 2 is 1.73 bits per heavy atom. The number of hydrogen-bond acceptors (Lipinski definition) is 5. The van der Waals surface area contributed by atoms with E-state index in [-0.39, 0.29) is 11.8 Å². The van der Waals surface area contributed by atoms with Gasteiger partial charge in [0.2, 0.25) is 0 Å². The fourth-order valence-corrected chi connectivity index (χ4v) is 3.34. The van der Waals surface area contributed by atoms with Crippen molar-refractivity contribution < 1.29 is 14.3 Å². The molecule has 0 unspecified atom stereocenters. The van der Waals surface area contributed by atoms with Crippen LogP contribution in [0.4, 0.5) is 5.69 Å². The van der Waals surface area contributed by atoms with Gasteiger partial charge in [-0.2, -0.15) is 10.2 Å². The van der Waals surface area contributed by atoms with Crippen LogP contribution in [-0.4, -0.2) is 62.6 Å². The van der Waals surface area contributed by atoms with Crippen molar-refractivity contribution in [3.63, 3.8) is 0 Å². The number of carbonyl (C=O) groups excluding carboxylic acids is 2. The summed E-state index contributed by atoms with van der Waals surface area (Å²) in [5, 5.41) is 11.2. The number of amides is 2. The smallest absolute Gasteiger partial charge is 0.275 e. The zero-order chi connectivity index (χ0) is 18.7. The monoisotopic (exact) mass is 424 g/mol. The summed E-state index contributed by atoms with van der Waals surface area (Å²) in [5.41, 5.74) is 1.17. The highest BCUT2D eigenvalue weighted by atomic mass is 79.9. The normalized spacial score (nSPS) is 14.5. The molecule has 0 radical (unpaired) electrons. The van der Waals surface area contributed by atoms with Crippen LogP contribution >= 0.6 is 15.9 Å². The Balaban J connectivity index is 1.88. The maximum Gasteiger partial charge on any atom is 0.275 e. The van der Waals surface area contributed by atoms with Gasteiger partial charge in [0, 0.05) is 26.2 Å². The third-order valence-corrected chi connectivity index (χ3v) is 4.78. The Bertz CT molecular complexity index is 809. The lowest BCUT2D eigenvalue weighted by molar-refractivity contribution is 0.0295. The van der Waals surface area contributed by atoms with E-state index < -0.39 is 0 Å². The lowest BCUT2D eigenvalue weighted by Crippen LogP contribution is -2.41. The number of ether oxygens (including phenoxy) is 1. The molecule has 26 heavy (non-hydrogen) atoms. The Morgan fingerprint density at radius 1 is 1.12 bits per heavy atom. The number of nitrogens with one attached hydrogen (secondary N) is 1. The van der Waals surface area contributed by atoms with Crippen LogP contribution in [0, 0.1) is 0 Å². The van der Waals surface area contributed by atoms with Gasteiger partial charge in [-0.05, 0) is 29.8 Å². The van der Waals surface area contributed by atoms with Crippen LogP contribution in [0.5, 0.6) is 0 Å². The van der Waals surface area contributed by atoms with Gasteiger partial charge in [0.25, 0.3) is 11.8 Å². The molecule has 1 saturated heterocycles. The van der Waals surface area contributed by atoms with Gasteiger partial charge in [0.1, 0.15) is 11.4 Å². The molecule has 0 aromatic carbocycles. The fraction of sp³-hybridized carbons (Fsp3) is 0.500. The highest BCUT2D eigenvalue weighted by molar-refractivity contribution is 9.10. The summed E-state index contributed by atoms with van der Waals surface area (Å²) in [6.45, 7) is 6.95. The number of anilines is 1. The van der Waals surface area contributed by atoms with Crippen molar-refractivity contribution in [2.24, 2.45) is 0 Å². The number of halogens is 1. The first-order chi connectivity index (χ1) is 12.6. The predicted molar refractivity (Wildman–Crippen MR) is 98.2 cm³/mol. The lowest BCUT2D eigenvalue weighted by atomic mass is 10.2. The molecule has 3 rings (SSSR count). The number of aromatic nitrogens is 4. The van der Waals surface area contributed by atoms with Gasteiger partial charge in [-0.25, -0.2) is 0 Å². The largest absolute Gasteiger partial charge is 0.378 e. The van der Waals surface area contributed by atoms with Gasteiger partial charge in [-0.3, -0.25) is 19.0 Å². The Labute approximate surface area is 159 Å². The molecule has 0 saturated carbocycles. The van der Waals surface area contributed by atoms with E-state index in [0.717, 1.165) is 0 Å². The van der Waals surface area contributed by atoms with E-state index in [1.807, 2.05) is 13.8 Å². The zero-order valence-corrected chi connectivity index (χ0v) is 16.3. The molecule has 0 atom stereocenters. The second-order valence-corrected chi connectivity index (χ2v) is 6.59. The molecular weight excluding hydrogens is 404 g/mol. The van der Waals surface area contributed by atoms with Gasteiger partial charge in [-0.1, -0.05) is 0 Å². The SMILES string of the molecule is CCn1ncc(Br)c1C(=O)Nc1cnn(CC)c1C(=O)N1CCOCC1. The highest BCUT2D eigenvalue weighted by Crippen LogP contribution is 2.22. The van der Waals surface area contributed by atoms with Crippen LogP contribution < -0.4 is 5.32 Å². The molecule has 0 bridgehead atoms. The number of morpholine rings is 1. The topological polar surface area (TPSA) is 94.3 Å². The van der Waals surface area contributed by atoms with Crippen LogP contribution in [0.25, 0.3) is 0 Å². The Morgan fingerprint density at radius 3 is 2.38 bits per heavy atom. The number of carbonyl (C=O) groups is 2. The molecule has 1 aliphatic heterocycles. The minimum Gasteiger partial charge on any atom is -0.378 e. The first-order valence-electron chi connectivity index (χ1n) is 8.52. The molecule has 0 aliphatic carbocycles. The molecule has 2 amide bonds. The van der Waals surface area contributed by atoms with E-state index in [1.165, 1.54) is 6.20 Å². The fourth-order valence-electron chi connectivity index (χ4n) is 2.87. The molecular formula is C16H21BrN6O3. The molecule has 10 heteroatoms. The second-order valence-electron chi connectivity index (χ2n) is 5.74. The number of nitrogens with zero attached hydrogens (tertiary/aromatic N) is 5. The molecule has 0 spiro atoms. The van der Waals surface area contributed by atoms with Crippen molar-refractivity contribution >= 4 is 33.4 Å². The maximum atomic E-state index is 13.0. The molecule has 2 aromatic heterocycles. The maximum absolute atomic E-state index is 13.0. The lowest BCUT2D eigenvalue weighted by Gasteiger charge is -2.27. The van der Waals surface area contributed by atoms with Gasteiger partial charge in [0.05, 0.1) is 35.8 Å². The van der Waals surface area contributed by atoms with Crippen molar-refractivity contribution in [2.75, 3.05) is 31.6 Å². The van der Waals surface area contributed by atoms with E-state index in [0.29, 0.717) is 60.9 Å². The average molecular weight is 425 g/mol. The van der Waals surface area contributed by atoms with Gasteiger partial charge >= 0.3 is 0 Å². The standard InChI is InChI=1S/C16H21BrN6O3/c1-3-22-13(11(17)9-18-22)15(24)20-12-10-19-23(4-2)14(12)16(25)21-5-7-26-8-6-21/h9-10H,3-8H2,1-2H3,(H,20,24). The third-order valence-electron chi connectivity index (χ3n) is 4.20. The summed E-state index contributed by atoms with van der Waals surface area (Å²) in [6, 6.07) is 0. The zero-order valence-electron chi connectivity index (χ0n) is 14.7. The van der Waals surface area contributed by atoms with Crippen molar-refractivity contribution in [2.45, 2.75) is 26.9 Å². The molecule has 3 heterocycles. The average Bonchev–Trinajstić information content (AvgIpc) is 3.24. The molecule has 1 N–H and O–H groups in total. The number of aryl methyl sites for hydroxylation is 2. The minimum atomic E-state index is -0.345. The summed E-state index contributed by atoms with van der Waals surface area (Å²) < 4.78 is 9.09. The van der Waals surface area contributed by atoms with E-state index in [1.54, 1.807) is 20.5 Å². The second kappa shape index (κ2) is 8.00. The van der Waals surface area contributed by atoms with Crippen LogP contribution in [-0.2, 0) is 17.8 Å². The quantitative estimate of drug-likeness (QED) is 0.786. The first-order valence-corrected chi connectivity index (χ1v) is 9.31. The molecule has 140 valence electrons. The first kappa shape index (κ1) is 18.6. The van der Waals surface area contributed by atoms with Gasteiger partial charge < -0.3 is 15.0 Å². The molecule has 9 nitrogen and oxygen atoms in total. The van der Waals surface area contributed by atoms with Crippen molar-refractivity contribution in [1.82, 2.24) is 24.5 Å². The van der Waals surface area contributed by atoms with Crippen LogP contribution in [0.2, 0.25) is 0 Å². The van der Waals surface area contributed by atoms with Gasteiger partial charge in [0.15, 0.2) is 0 Å². The third kappa shape index (κ3) is 3.51. The molecule has 1 fully saturated rings. The molecule has 2 aromatic rings.